The number of halogens is 1. The van der Waals surface area contributed by atoms with Crippen LogP contribution in [0.2, 0.25) is 0 Å². The first-order chi connectivity index (χ1) is 12.8. The second-order valence-electron chi connectivity index (χ2n) is 6.85. The Balaban J connectivity index is 1.56. The zero-order valence-corrected chi connectivity index (χ0v) is 15.9. The first-order valence-corrected chi connectivity index (χ1v) is 10.3. The van der Waals surface area contributed by atoms with Gasteiger partial charge in [-0.2, -0.15) is 0 Å². The first kappa shape index (κ1) is 20.2. The van der Waals surface area contributed by atoms with Crippen molar-refractivity contribution in [1.29, 1.82) is 0 Å². The molecular formula is C17H24FN3O5S. The van der Waals surface area contributed by atoms with Gasteiger partial charge in [-0.25, -0.2) is 17.5 Å². The SMILES string of the molecule is CC(=O)N1CCN(C[C@@H]2OC[C@H](NS(=O)(=O)c3cccc(F)c3)[C@H]2O)CC1. The van der Waals surface area contributed by atoms with E-state index in [4.69, 9.17) is 4.74 Å². The van der Waals surface area contributed by atoms with E-state index in [9.17, 15) is 22.7 Å². The van der Waals surface area contributed by atoms with Crippen molar-refractivity contribution >= 4 is 15.9 Å². The van der Waals surface area contributed by atoms with Crippen molar-refractivity contribution in [2.24, 2.45) is 0 Å². The summed E-state index contributed by atoms with van der Waals surface area (Å²) in [6.45, 7) is 4.60. The van der Waals surface area contributed by atoms with E-state index in [2.05, 4.69) is 9.62 Å². The molecule has 2 aliphatic heterocycles. The number of nitrogens with one attached hydrogen (secondary N) is 1. The molecule has 3 atom stereocenters. The smallest absolute Gasteiger partial charge is 0.241 e. The van der Waals surface area contributed by atoms with E-state index in [1.165, 1.54) is 19.1 Å². The summed E-state index contributed by atoms with van der Waals surface area (Å²) in [5.74, 6) is -0.609. The van der Waals surface area contributed by atoms with Gasteiger partial charge in [0.2, 0.25) is 15.9 Å². The molecule has 0 unspecified atom stereocenters. The summed E-state index contributed by atoms with van der Waals surface area (Å²) >= 11 is 0. The second-order valence-corrected chi connectivity index (χ2v) is 8.57. The lowest BCUT2D eigenvalue weighted by Gasteiger charge is -2.35. The van der Waals surface area contributed by atoms with Gasteiger partial charge in [-0.05, 0) is 18.2 Å². The summed E-state index contributed by atoms with van der Waals surface area (Å²) in [6.07, 6.45) is -1.55. The summed E-state index contributed by atoms with van der Waals surface area (Å²) in [4.78, 5) is 15.0. The third-order valence-electron chi connectivity index (χ3n) is 4.95. The Morgan fingerprint density at radius 3 is 2.67 bits per heavy atom. The van der Waals surface area contributed by atoms with Crippen LogP contribution in [0.4, 0.5) is 4.39 Å². The van der Waals surface area contributed by atoms with Crippen molar-refractivity contribution in [3.05, 3.63) is 30.1 Å². The van der Waals surface area contributed by atoms with Crippen LogP contribution in [0.1, 0.15) is 6.92 Å². The van der Waals surface area contributed by atoms with E-state index in [0.29, 0.717) is 32.7 Å². The number of nitrogens with zero attached hydrogens (tertiary/aromatic N) is 2. The van der Waals surface area contributed by atoms with Crippen molar-refractivity contribution in [2.45, 2.75) is 30.1 Å². The highest BCUT2D eigenvalue weighted by molar-refractivity contribution is 7.89. The number of aliphatic hydroxyl groups excluding tert-OH is 1. The van der Waals surface area contributed by atoms with Crippen LogP contribution in [0.25, 0.3) is 0 Å². The van der Waals surface area contributed by atoms with E-state index in [-0.39, 0.29) is 17.4 Å². The maximum atomic E-state index is 13.3. The van der Waals surface area contributed by atoms with E-state index >= 15 is 0 Å². The molecule has 2 fully saturated rings. The van der Waals surface area contributed by atoms with Gasteiger partial charge in [-0.1, -0.05) is 6.07 Å². The van der Waals surface area contributed by atoms with E-state index in [1.54, 1.807) is 4.90 Å². The lowest BCUT2D eigenvalue weighted by Crippen LogP contribution is -2.52. The molecule has 0 saturated carbocycles. The molecule has 2 aliphatic rings. The molecule has 2 saturated heterocycles. The third-order valence-corrected chi connectivity index (χ3v) is 6.44. The first-order valence-electron chi connectivity index (χ1n) is 8.82. The molecule has 3 rings (SSSR count). The lowest BCUT2D eigenvalue weighted by atomic mass is 10.1. The summed E-state index contributed by atoms with van der Waals surface area (Å²) in [5.41, 5.74) is 0. The average molecular weight is 401 g/mol. The highest BCUT2D eigenvalue weighted by Gasteiger charge is 2.39. The van der Waals surface area contributed by atoms with Gasteiger partial charge in [0, 0.05) is 39.6 Å². The predicted molar refractivity (Wildman–Crippen MR) is 95.0 cm³/mol. The lowest BCUT2D eigenvalue weighted by molar-refractivity contribution is -0.130. The molecule has 0 bridgehead atoms. The van der Waals surface area contributed by atoms with Gasteiger partial charge in [0.15, 0.2) is 0 Å². The van der Waals surface area contributed by atoms with Crippen molar-refractivity contribution in [3.63, 3.8) is 0 Å². The minimum Gasteiger partial charge on any atom is -0.389 e. The highest BCUT2D eigenvalue weighted by Crippen LogP contribution is 2.19. The molecule has 1 aromatic carbocycles. The van der Waals surface area contributed by atoms with Gasteiger partial charge in [-0.3, -0.25) is 9.69 Å². The Hall–Kier alpha value is -1.59. The largest absolute Gasteiger partial charge is 0.389 e. The molecule has 2 N–H and O–H groups in total. The van der Waals surface area contributed by atoms with Gasteiger partial charge in [-0.15, -0.1) is 0 Å². The topological polar surface area (TPSA) is 99.2 Å². The Labute approximate surface area is 157 Å². The fraction of sp³-hybridized carbons (Fsp3) is 0.588. The zero-order chi connectivity index (χ0) is 19.6. The number of rotatable bonds is 5. The molecular weight excluding hydrogens is 377 g/mol. The molecule has 0 spiro atoms. The van der Waals surface area contributed by atoms with Crippen LogP contribution in [-0.4, -0.2) is 86.8 Å². The molecule has 27 heavy (non-hydrogen) atoms. The van der Waals surface area contributed by atoms with Gasteiger partial charge >= 0.3 is 0 Å². The standard InChI is InChI=1S/C17H24FN3O5S/c1-12(22)21-7-5-20(6-8-21)10-16-17(23)15(11-26-16)19-27(24,25)14-4-2-3-13(18)9-14/h2-4,9,15-17,19,23H,5-8,10-11H2,1H3/t15-,16-,17+/m0/s1. The summed E-state index contributed by atoms with van der Waals surface area (Å²) in [6, 6.07) is 3.89. The minimum atomic E-state index is -3.96. The van der Waals surface area contributed by atoms with Crippen LogP contribution in [0.3, 0.4) is 0 Å². The molecule has 10 heteroatoms. The quantitative estimate of drug-likeness (QED) is 0.684. The maximum absolute atomic E-state index is 13.3. The highest BCUT2D eigenvalue weighted by atomic mass is 32.2. The number of hydrogen-bond acceptors (Lipinski definition) is 6. The number of sulfonamides is 1. The molecule has 2 heterocycles. The van der Waals surface area contributed by atoms with Crippen LogP contribution in [0, 0.1) is 5.82 Å². The zero-order valence-electron chi connectivity index (χ0n) is 15.0. The number of carbonyl (C=O) groups excluding carboxylic acids is 1. The molecule has 1 aromatic rings. The Bertz CT molecular complexity index is 783. The second kappa shape index (κ2) is 8.19. The van der Waals surface area contributed by atoms with E-state index in [1.807, 2.05) is 0 Å². The number of piperazine rings is 1. The van der Waals surface area contributed by atoms with Gasteiger partial charge < -0.3 is 14.7 Å². The van der Waals surface area contributed by atoms with Crippen LogP contribution < -0.4 is 4.72 Å². The van der Waals surface area contributed by atoms with Crippen LogP contribution in [0.15, 0.2) is 29.2 Å². The monoisotopic (exact) mass is 401 g/mol. The fourth-order valence-electron chi connectivity index (χ4n) is 3.35. The van der Waals surface area contributed by atoms with Gasteiger partial charge in [0.25, 0.3) is 0 Å². The van der Waals surface area contributed by atoms with Crippen molar-refractivity contribution in [2.75, 3.05) is 39.3 Å². The Morgan fingerprint density at radius 2 is 2.04 bits per heavy atom. The van der Waals surface area contributed by atoms with Crippen LogP contribution in [0.5, 0.6) is 0 Å². The molecule has 0 radical (unpaired) electrons. The number of benzene rings is 1. The van der Waals surface area contributed by atoms with Crippen LogP contribution in [-0.2, 0) is 19.6 Å². The number of hydrogen-bond donors (Lipinski definition) is 2. The number of amides is 1. The summed E-state index contributed by atoms with van der Waals surface area (Å²) in [7, 11) is -3.96. The third kappa shape index (κ3) is 4.82. The normalized spacial score (nSPS) is 27.1. The fourth-order valence-corrected chi connectivity index (χ4v) is 4.62. The van der Waals surface area contributed by atoms with Crippen LogP contribution >= 0.6 is 0 Å². The molecule has 1 amide bonds. The van der Waals surface area contributed by atoms with Crippen molar-refractivity contribution in [3.8, 4) is 0 Å². The summed E-state index contributed by atoms with van der Waals surface area (Å²) < 4.78 is 46.1. The molecule has 150 valence electrons. The van der Waals surface area contributed by atoms with Crippen molar-refractivity contribution < 1.29 is 27.4 Å². The number of carbonyl (C=O) groups is 1. The minimum absolute atomic E-state index is 0.0355. The van der Waals surface area contributed by atoms with Gasteiger partial charge in [0.05, 0.1) is 29.8 Å². The van der Waals surface area contributed by atoms with E-state index in [0.717, 1.165) is 12.1 Å². The average Bonchev–Trinajstić information content (AvgIpc) is 2.95. The Morgan fingerprint density at radius 1 is 1.33 bits per heavy atom. The van der Waals surface area contributed by atoms with Gasteiger partial charge in [0.1, 0.15) is 5.82 Å². The van der Waals surface area contributed by atoms with Crippen molar-refractivity contribution in [1.82, 2.24) is 14.5 Å². The Kier molecular flexibility index (Phi) is 6.11. The van der Waals surface area contributed by atoms with E-state index < -0.39 is 34.1 Å². The maximum Gasteiger partial charge on any atom is 0.241 e. The molecule has 8 nitrogen and oxygen atoms in total. The molecule has 0 aromatic heterocycles. The predicted octanol–water partition coefficient (Wildman–Crippen LogP) is -0.604. The number of ether oxygens (including phenoxy) is 1. The molecule has 0 aliphatic carbocycles. The summed E-state index contributed by atoms with van der Waals surface area (Å²) in [5, 5.41) is 10.5. The number of aliphatic hydroxyl groups is 1.